The molecule has 5 heteroatoms. The van der Waals surface area contributed by atoms with E-state index in [1.54, 1.807) is 13.2 Å². The highest BCUT2D eigenvalue weighted by Gasteiger charge is 2.01. The molecule has 0 atom stereocenters. The van der Waals surface area contributed by atoms with Crippen LogP contribution in [0.2, 0.25) is 0 Å². The van der Waals surface area contributed by atoms with Gasteiger partial charge in [0.2, 0.25) is 5.88 Å². The van der Waals surface area contributed by atoms with Crippen molar-refractivity contribution in [1.82, 2.24) is 9.97 Å². The molecule has 0 aliphatic heterocycles. The number of rotatable bonds is 7. The maximum absolute atomic E-state index is 5.47. The summed E-state index contributed by atoms with van der Waals surface area (Å²) in [6.07, 6.45) is 2.56. The molecule has 1 aromatic heterocycles. The van der Waals surface area contributed by atoms with Crippen molar-refractivity contribution in [3.8, 4) is 5.88 Å². The second-order valence-corrected chi connectivity index (χ2v) is 3.68. The minimum atomic E-state index is 0.122. The van der Waals surface area contributed by atoms with Gasteiger partial charge in [0.1, 0.15) is 12.1 Å². The lowest BCUT2D eigenvalue weighted by molar-refractivity contribution is 0.197. The van der Waals surface area contributed by atoms with E-state index in [2.05, 4.69) is 15.3 Å². The van der Waals surface area contributed by atoms with Gasteiger partial charge in [-0.3, -0.25) is 0 Å². The number of methoxy groups -OCH3 is 1. The fourth-order valence-corrected chi connectivity index (χ4v) is 1.18. The number of ether oxygens (including phenoxy) is 2. The van der Waals surface area contributed by atoms with Crippen LogP contribution >= 0.6 is 0 Å². The molecule has 0 saturated carbocycles. The zero-order valence-electron chi connectivity index (χ0n) is 10.1. The molecule has 16 heavy (non-hydrogen) atoms. The average molecular weight is 225 g/mol. The smallest absolute Gasteiger partial charge is 0.218 e. The van der Waals surface area contributed by atoms with Crippen LogP contribution in [0.3, 0.4) is 0 Å². The normalized spacial score (nSPS) is 10.5. The molecule has 5 nitrogen and oxygen atoms in total. The Labute approximate surface area is 96.2 Å². The molecule has 1 N–H and O–H groups in total. The lowest BCUT2D eigenvalue weighted by atomic mass is 10.4. The standard InChI is InChI=1S/C11H19N3O2/c1-9(2)16-11-7-10(13-8-14-11)12-5-4-6-15-3/h7-9H,4-6H2,1-3H3,(H,12,13,14). The highest BCUT2D eigenvalue weighted by molar-refractivity contribution is 5.36. The molecule has 0 saturated heterocycles. The van der Waals surface area contributed by atoms with Gasteiger partial charge in [-0.05, 0) is 20.3 Å². The van der Waals surface area contributed by atoms with Gasteiger partial charge in [0.05, 0.1) is 6.10 Å². The third-order valence-corrected chi connectivity index (χ3v) is 1.83. The SMILES string of the molecule is COCCCNc1cc(OC(C)C)ncn1. The van der Waals surface area contributed by atoms with Gasteiger partial charge in [0.15, 0.2) is 0 Å². The third-order valence-electron chi connectivity index (χ3n) is 1.83. The van der Waals surface area contributed by atoms with Crippen molar-refractivity contribution in [3.63, 3.8) is 0 Å². The van der Waals surface area contributed by atoms with Crippen molar-refractivity contribution in [2.24, 2.45) is 0 Å². The first-order valence-corrected chi connectivity index (χ1v) is 5.44. The van der Waals surface area contributed by atoms with Gasteiger partial charge >= 0.3 is 0 Å². The van der Waals surface area contributed by atoms with Crippen molar-refractivity contribution < 1.29 is 9.47 Å². The molecule has 0 aliphatic carbocycles. The lowest BCUT2D eigenvalue weighted by Crippen LogP contribution is -2.09. The summed E-state index contributed by atoms with van der Waals surface area (Å²) in [6, 6.07) is 1.80. The van der Waals surface area contributed by atoms with Gasteiger partial charge in [-0.1, -0.05) is 0 Å². The maximum Gasteiger partial charge on any atom is 0.218 e. The molecule has 90 valence electrons. The van der Waals surface area contributed by atoms with Crippen molar-refractivity contribution in [2.75, 3.05) is 25.6 Å². The summed E-state index contributed by atoms with van der Waals surface area (Å²) in [5.74, 6) is 1.38. The Hall–Kier alpha value is -1.36. The highest BCUT2D eigenvalue weighted by Crippen LogP contribution is 2.12. The Bertz CT molecular complexity index is 305. The number of hydrogen-bond acceptors (Lipinski definition) is 5. The second-order valence-electron chi connectivity index (χ2n) is 3.68. The number of aromatic nitrogens is 2. The molecule has 0 unspecified atom stereocenters. The number of anilines is 1. The monoisotopic (exact) mass is 225 g/mol. The number of hydrogen-bond donors (Lipinski definition) is 1. The zero-order chi connectivity index (χ0) is 11.8. The summed E-state index contributed by atoms with van der Waals surface area (Å²) in [7, 11) is 1.69. The van der Waals surface area contributed by atoms with Crippen LogP contribution in [0, 0.1) is 0 Å². The molecular formula is C11H19N3O2. The molecule has 0 radical (unpaired) electrons. The van der Waals surface area contributed by atoms with E-state index in [1.165, 1.54) is 6.33 Å². The predicted octanol–water partition coefficient (Wildman–Crippen LogP) is 1.71. The Kier molecular flexibility index (Phi) is 5.56. The van der Waals surface area contributed by atoms with Crippen LogP contribution in [0.25, 0.3) is 0 Å². The molecule has 0 amide bonds. The molecule has 0 fully saturated rings. The van der Waals surface area contributed by atoms with Crippen LogP contribution in [0.15, 0.2) is 12.4 Å². The summed E-state index contributed by atoms with van der Waals surface area (Å²) in [5.41, 5.74) is 0. The Morgan fingerprint density at radius 1 is 1.38 bits per heavy atom. The number of nitrogens with zero attached hydrogens (tertiary/aromatic N) is 2. The summed E-state index contributed by atoms with van der Waals surface area (Å²) in [5, 5.41) is 3.18. The Morgan fingerprint density at radius 3 is 2.88 bits per heavy atom. The minimum Gasteiger partial charge on any atom is -0.475 e. The van der Waals surface area contributed by atoms with Gasteiger partial charge in [-0.15, -0.1) is 0 Å². The number of nitrogens with one attached hydrogen (secondary N) is 1. The lowest BCUT2D eigenvalue weighted by Gasteiger charge is -2.10. The van der Waals surface area contributed by atoms with Crippen LogP contribution in [0.5, 0.6) is 5.88 Å². The minimum absolute atomic E-state index is 0.122. The molecule has 1 heterocycles. The van der Waals surface area contributed by atoms with E-state index in [0.717, 1.165) is 25.4 Å². The maximum atomic E-state index is 5.47. The third kappa shape index (κ3) is 4.93. The fourth-order valence-electron chi connectivity index (χ4n) is 1.18. The van der Waals surface area contributed by atoms with Crippen molar-refractivity contribution >= 4 is 5.82 Å². The van der Waals surface area contributed by atoms with Gasteiger partial charge in [0.25, 0.3) is 0 Å². The van der Waals surface area contributed by atoms with Crippen molar-refractivity contribution in [2.45, 2.75) is 26.4 Å². The largest absolute Gasteiger partial charge is 0.475 e. The van der Waals surface area contributed by atoms with E-state index >= 15 is 0 Å². The van der Waals surface area contributed by atoms with E-state index < -0.39 is 0 Å². The fraction of sp³-hybridized carbons (Fsp3) is 0.636. The quantitative estimate of drug-likeness (QED) is 0.716. The van der Waals surface area contributed by atoms with E-state index in [4.69, 9.17) is 9.47 Å². The van der Waals surface area contributed by atoms with E-state index in [9.17, 15) is 0 Å². The molecule has 0 aliphatic rings. The summed E-state index contributed by atoms with van der Waals surface area (Å²) >= 11 is 0. The highest BCUT2D eigenvalue weighted by atomic mass is 16.5. The van der Waals surface area contributed by atoms with Gasteiger partial charge in [0, 0.05) is 26.3 Å². The van der Waals surface area contributed by atoms with Crippen LogP contribution in [0.4, 0.5) is 5.82 Å². The first kappa shape index (κ1) is 12.7. The average Bonchev–Trinajstić information content (AvgIpc) is 2.24. The predicted molar refractivity (Wildman–Crippen MR) is 62.8 cm³/mol. The van der Waals surface area contributed by atoms with Crippen LogP contribution in [0.1, 0.15) is 20.3 Å². The topological polar surface area (TPSA) is 56.3 Å². The first-order valence-electron chi connectivity index (χ1n) is 5.44. The molecule has 0 spiro atoms. The molecule has 0 aromatic carbocycles. The summed E-state index contributed by atoms with van der Waals surface area (Å²) in [4.78, 5) is 8.13. The first-order chi connectivity index (χ1) is 7.72. The van der Waals surface area contributed by atoms with E-state index in [-0.39, 0.29) is 6.10 Å². The van der Waals surface area contributed by atoms with Gasteiger partial charge < -0.3 is 14.8 Å². The van der Waals surface area contributed by atoms with Crippen molar-refractivity contribution in [3.05, 3.63) is 12.4 Å². The summed E-state index contributed by atoms with van der Waals surface area (Å²) < 4.78 is 10.4. The van der Waals surface area contributed by atoms with E-state index in [1.807, 2.05) is 13.8 Å². The molecule has 1 rings (SSSR count). The van der Waals surface area contributed by atoms with E-state index in [0.29, 0.717) is 5.88 Å². The van der Waals surface area contributed by atoms with Crippen molar-refractivity contribution in [1.29, 1.82) is 0 Å². The van der Waals surface area contributed by atoms with Gasteiger partial charge in [-0.25, -0.2) is 9.97 Å². The Balaban J connectivity index is 2.41. The molecular weight excluding hydrogens is 206 g/mol. The van der Waals surface area contributed by atoms with Gasteiger partial charge in [-0.2, -0.15) is 0 Å². The van der Waals surface area contributed by atoms with Crippen LogP contribution < -0.4 is 10.1 Å². The molecule has 1 aromatic rings. The van der Waals surface area contributed by atoms with Crippen LogP contribution in [-0.4, -0.2) is 36.3 Å². The Morgan fingerprint density at radius 2 is 2.19 bits per heavy atom. The second kappa shape index (κ2) is 7.00. The zero-order valence-corrected chi connectivity index (χ0v) is 10.1. The molecule has 0 bridgehead atoms. The summed E-state index contributed by atoms with van der Waals surface area (Å²) in [6.45, 7) is 5.50. The van der Waals surface area contributed by atoms with Crippen LogP contribution in [-0.2, 0) is 4.74 Å².